The Bertz CT molecular complexity index is 411. The van der Waals surface area contributed by atoms with Crippen molar-refractivity contribution < 1.29 is 14.2 Å². The zero-order valence-corrected chi connectivity index (χ0v) is 13.6. The van der Waals surface area contributed by atoms with Crippen molar-refractivity contribution in [1.82, 2.24) is 0 Å². The average Bonchev–Trinajstić information content (AvgIpc) is 2.49. The van der Waals surface area contributed by atoms with Crippen LogP contribution in [0.3, 0.4) is 0 Å². The van der Waals surface area contributed by atoms with E-state index in [0.717, 1.165) is 43.1 Å². The summed E-state index contributed by atoms with van der Waals surface area (Å²) in [4.78, 5) is 2.28. The van der Waals surface area contributed by atoms with Crippen LogP contribution in [-0.4, -0.2) is 47.6 Å². The Morgan fingerprint density at radius 1 is 1.10 bits per heavy atom. The smallest absolute Gasteiger partial charge is 0.125 e. The van der Waals surface area contributed by atoms with E-state index in [1.165, 1.54) is 0 Å². The maximum atomic E-state index is 6.15. The van der Waals surface area contributed by atoms with Gasteiger partial charge >= 0.3 is 0 Å². The molecule has 5 nitrogen and oxygen atoms in total. The third-order valence-electron chi connectivity index (χ3n) is 3.40. The molecule has 120 valence electrons. The standard InChI is InChI=1S/C16H28N2O3/c1-13(17)16-14(7-5-8-15(16)21-4)18(10-12-20-3)9-6-11-19-2/h5,7-8,13H,6,9-12,17H2,1-4H3/t13-/m1/s1. The lowest BCUT2D eigenvalue weighted by Crippen LogP contribution is -2.30. The fourth-order valence-corrected chi connectivity index (χ4v) is 2.40. The van der Waals surface area contributed by atoms with Crippen LogP contribution in [-0.2, 0) is 9.47 Å². The fraction of sp³-hybridized carbons (Fsp3) is 0.625. The molecule has 0 aliphatic heterocycles. The van der Waals surface area contributed by atoms with Crippen molar-refractivity contribution in [3.8, 4) is 5.75 Å². The molecule has 21 heavy (non-hydrogen) atoms. The van der Waals surface area contributed by atoms with E-state index < -0.39 is 0 Å². The first-order valence-electron chi connectivity index (χ1n) is 7.31. The molecule has 0 amide bonds. The summed E-state index contributed by atoms with van der Waals surface area (Å²) in [6.07, 6.45) is 0.954. The van der Waals surface area contributed by atoms with Gasteiger partial charge in [-0.05, 0) is 25.5 Å². The number of anilines is 1. The van der Waals surface area contributed by atoms with Gasteiger partial charge in [0.05, 0.1) is 13.7 Å². The normalized spacial score (nSPS) is 12.2. The molecule has 0 radical (unpaired) electrons. The van der Waals surface area contributed by atoms with E-state index in [-0.39, 0.29) is 6.04 Å². The summed E-state index contributed by atoms with van der Waals surface area (Å²) >= 11 is 0. The Kier molecular flexibility index (Phi) is 8.12. The molecule has 1 rings (SSSR count). The molecule has 5 heteroatoms. The number of ether oxygens (including phenoxy) is 3. The molecule has 0 spiro atoms. The van der Waals surface area contributed by atoms with E-state index in [1.807, 2.05) is 19.1 Å². The van der Waals surface area contributed by atoms with Crippen LogP contribution < -0.4 is 15.4 Å². The van der Waals surface area contributed by atoms with E-state index in [1.54, 1.807) is 21.3 Å². The van der Waals surface area contributed by atoms with Gasteiger partial charge in [-0.15, -0.1) is 0 Å². The first-order chi connectivity index (χ1) is 10.2. The highest BCUT2D eigenvalue weighted by Gasteiger charge is 2.17. The van der Waals surface area contributed by atoms with Gasteiger partial charge in [0.2, 0.25) is 0 Å². The molecule has 0 saturated heterocycles. The van der Waals surface area contributed by atoms with Crippen molar-refractivity contribution in [3.63, 3.8) is 0 Å². The Hall–Kier alpha value is -1.30. The Balaban J connectivity index is 3.03. The Labute approximate surface area is 128 Å². The third-order valence-corrected chi connectivity index (χ3v) is 3.40. The monoisotopic (exact) mass is 296 g/mol. The Morgan fingerprint density at radius 2 is 1.81 bits per heavy atom. The lowest BCUT2D eigenvalue weighted by atomic mass is 10.0. The molecule has 1 atom stereocenters. The van der Waals surface area contributed by atoms with E-state index in [9.17, 15) is 0 Å². The number of nitrogens with zero attached hydrogens (tertiary/aromatic N) is 1. The Morgan fingerprint density at radius 3 is 2.38 bits per heavy atom. The highest BCUT2D eigenvalue weighted by atomic mass is 16.5. The van der Waals surface area contributed by atoms with E-state index in [0.29, 0.717) is 6.61 Å². The summed E-state index contributed by atoms with van der Waals surface area (Å²) in [5, 5.41) is 0. The minimum atomic E-state index is -0.0939. The molecule has 0 fully saturated rings. The molecule has 1 aromatic carbocycles. The summed E-state index contributed by atoms with van der Waals surface area (Å²) in [5.41, 5.74) is 8.29. The van der Waals surface area contributed by atoms with Gasteiger partial charge in [-0.1, -0.05) is 6.07 Å². The molecule has 0 saturated carbocycles. The SMILES string of the molecule is COCCCN(CCOC)c1cccc(OC)c1[C@@H](C)N. The lowest BCUT2D eigenvalue weighted by molar-refractivity contribution is 0.191. The second kappa shape index (κ2) is 9.60. The molecule has 0 heterocycles. The van der Waals surface area contributed by atoms with Crippen LogP contribution in [0.4, 0.5) is 5.69 Å². The van der Waals surface area contributed by atoms with Crippen molar-refractivity contribution >= 4 is 5.69 Å². The topological polar surface area (TPSA) is 57.0 Å². The summed E-state index contributed by atoms with van der Waals surface area (Å²) < 4.78 is 15.8. The molecule has 1 aromatic rings. The van der Waals surface area contributed by atoms with Crippen LogP contribution in [0.5, 0.6) is 5.75 Å². The zero-order chi connectivity index (χ0) is 15.7. The molecule has 0 unspecified atom stereocenters. The first kappa shape index (κ1) is 17.8. The van der Waals surface area contributed by atoms with Crippen LogP contribution in [0.15, 0.2) is 18.2 Å². The fourth-order valence-electron chi connectivity index (χ4n) is 2.40. The predicted octanol–water partition coefficient (Wildman–Crippen LogP) is 2.20. The summed E-state index contributed by atoms with van der Waals surface area (Å²) in [5.74, 6) is 0.830. The zero-order valence-electron chi connectivity index (χ0n) is 13.6. The van der Waals surface area contributed by atoms with Gasteiger partial charge in [0, 0.05) is 51.2 Å². The van der Waals surface area contributed by atoms with Crippen molar-refractivity contribution in [2.75, 3.05) is 52.5 Å². The van der Waals surface area contributed by atoms with Gasteiger partial charge in [-0.25, -0.2) is 0 Å². The molecule has 0 bridgehead atoms. The molecule has 2 N–H and O–H groups in total. The van der Waals surface area contributed by atoms with Crippen molar-refractivity contribution in [2.45, 2.75) is 19.4 Å². The van der Waals surface area contributed by atoms with Gasteiger partial charge < -0.3 is 24.8 Å². The number of nitrogens with two attached hydrogens (primary N) is 1. The maximum absolute atomic E-state index is 6.15. The minimum absolute atomic E-state index is 0.0939. The van der Waals surface area contributed by atoms with E-state index in [2.05, 4.69) is 11.0 Å². The summed E-state index contributed by atoms with van der Waals surface area (Å²) in [6, 6.07) is 5.94. The van der Waals surface area contributed by atoms with Crippen LogP contribution in [0.25, 0.3) is 0 Å². The molecule has 0 aromatic heterocycles. The predicted molar refractivity (Wildman–Crippen MR) is 86.2 cm³/mol. The van der Waals surface area contributed by atoms with Crippen molar-refractivity contribution in [2.24, 2.45) is 5.73 Å². The first-order valence-corrected chi connectivity index (χ1v) is 7.31. The maximum Gasteiger partial charge on any atom is 0.125 e. The molecule has 0 aliphatic carbocycles. The number of hydrogen-bond acceptors (Lipinski definition) is 5. The van der Waals surface area contributed by atoms with Gasteiger partial charge in [0.15, 0.2) is 0 Å². The van der Waals surface area contributed by atoms with E-state index in [4.69, 9.17) is 19.9 Å². The van der Waals surface area contributed by atoms with Gasteiger partial charge in [0.25, 0.3) is 0 Å². The van der Waals surface area contributed by atoms with Gasteiger partial charge in [0.1, 0.15) is 5.75 Å². The third kappa shape index (κ3) is 5.19. The average molecular weight is 296 g/mol. The second-order valence-electron chi connectivity index (χ2n) is 5.01. The number of benzene rings is 1. The van der Waals surface area contributed by atoms with Gasteiger partial charge in [-0.2, -0.15) is 0 Å². The van der Waals surface area contributed by atoms with E-state index >= 15 is 0 Å². The summed E-state index contributed by atoms with van der Waals surface area (Å²) in [7, 11) is 5.11. The van der Waals surface area contributed by atoms with Crippen molar-refractivity contribution in [3.05, 3.63) is 23.8 Å². The molecular weight excluding hydrogens is 268 g/mol. The van der Waals surface area contributed by atoms with Crippen LogP contribution >= 0.6 is 0 Å². The van der Waals surface area contributed by atoms with Crippen LogP contribution in [0.2, 0.25) is 0 Å². The highest BCUT2D eigenvalue weighted by Crippen LogP contribution is 2.33. The lowest BCUT2D eigenvalue weighted by Gasteiger charge is -2.29. The van der Waals surface area contributed by atoms with Gasteiger partial charge in [-0.3, -0.25) is 0 Å². The molecule has 0 aliphatic rings. The number of rotatable bonds is 10. The second-order valence-corrected chi connectivity index (χ2v) is 5.01. The number of hydrogen-bond donors (Lipinski definition) is 1. The minimum Gasteiger partial charge on any atom is -0.496 e. The van der Waals surface area contributed by atoms with Crippen LogP contribution in [0, 0.1) is 0 Å². The highest BCUT2D eigenvalue weighted by molar-refractivity contribution is 5.60. The largest absolute Gasteiger partial charge is 0.496 e. The summed E-state index contributed by atoms with van der Waals surface area (Å²) in [6.45, 7) is 5.09. The van der Waals surface area contributed by atoms with Crippen molar-refractivity contribution in [1.29, 1.82) is 0 Å². The molecular formula is C16H28N2O3. The van der Waals surface area contributed by atoms with Crippen LogP contribution in [0.1, 0.15) is 24.9 Å². The quantitative estimate of drug-likeness (QED) is 0.671. The number of methoxy groups -OCH3 is 3.